The fourth-order valence-corrected chi connectivity index (χ4v) is 1.12. The molecule has 1 rings (SSSR count). The third-order valence-corrected chi connectivity index (χ3v) is 1.78. The van der Waals surface area contributed by atoms with E-state index in [4.69, 9.17) is 0 Å². The number of nitrogens with one attached hydrogen (secondary N) is 1. The Morgan fingerprint density at radius 1 is 1.46 bits per heavy atom. The zero-order valence-corrected chi connectivity index (χ0v) is 8.04. The lowest BCUT2D eigenvalue weighted by Gasteiger charge is -1.97. The van der Waals surface area contributed by atoms with Crippen LogP contribution in [-0.2, 0) is 0 Å². The fourth-order valence-electron chi connectivity index (χ4n) is 1.12. The van der Waals surface area contributed by atoms with Crippen molar-refractivity contribution in [3.05, 3.63) is 35.4 Å². The van der Waals surface area contributed by atoms with Crippen molar-refractivity contribution < 1.29 is 0 Å². The molecule has 1 N–H and O–H groups in total. The maximum absolute atomic E-state index is 4.38. The van der Waals surface area contributed by atoms with Gasteiger partial charge < -0.3 is 5.32 Å². The molecule has 2 heteroatoms. The fraction of sp³-hybridized carbons (Fsp3) is 0.182. The Balaban J connectivity index is 3.42. The molecule has 0 fully saturated rings. The monoisotopic (exact) mass is 174 g/mol. The van der Waals surface area contributed by atoms with E-state index in [1.165, 1.54) is 0 Å². The summed E-state index contributed by atoms with van der Waals surface area (Å²) < 4.78 is 0. The predicted octanol–water partition coefficient (Wildman–Crippen LogP) is 0.890. The van der Waals surface area contributed by atoms with Gasteiger partial charge in [-0.25, -0.2) is 4.98 Å². The molecule has 2 nitrogen and oxygen atoms in total. The molecule has 0 aliphatic heterocycles. The van der Waals surface area contributed by atoms with E-state index in [0.717, 1.165) is 16.4 Å². The molecule has 1 heterocycles. The molecule has 0 atom stereocenters. The first-order chi connectivity index (χ1) is 6.31. The Labute approximate surface area is 78.3 Å². The quantitative estimate of drug-likeness (QED) is 0.720. The van der Waals surface area contributed by atoms with Crippen molar-refractivity contribution in [2.24, 2.45) is 0 Å². The summed E-state index contributed by atoms with van der Waals surface area (Å²) in [6, 6.07) is 3.97. The Morgan fingerprint density at radius 3 is 2.77 bits per heavy atom. The van der Waals surface area contributed by atoms with Crippen LogP contribution in [-0.4, -0.2) is 12.0 Å². The van der Waals surface area contributed by atoms with Crippen LogP contribution in [0.4, 0.5) is 5.82 Å². The van der Waals surface area contributed by atoms with E-state index in [2.05, 4.69) is 16.9 Å². The van der Waals surface area contributed by atoms with Gasteiger partial charge in [-0.05, 0) is 24.3 Å². The maximum atomic E-state index is 4.38. The Kier molecular flexibility index (Phi) is 3.26. The second-order valence-corrected chi connectivity index (χ2v) is 2.61. The average molecular weight is 174 g/mol. The van der Waals surface area contributed by atoms with Crippen LogP contribution in [0.1, 0.15) is 6.92 Å². The number of aromatic nitrogens is 1. The summed E-state index contributed by atoms with van der Waals surface area (Å²) in [7, 11) is 1.86. The molecule has 13 heavy (non-hydrogen) atoms. The van der Waals surface area contributed by atoms with Crippen LogP contribution in [0, 0.1) is 0 Å². The van der Waals surface area contributed by atoms with E-state index in [-0.39, 0.29) is 0 Å². The van der Waals surface area contributed by atoms with Crippen molar-refractivity contribution in [1.82, 2.24) is 4.98 Å². The number of allylic oxidation sites excluding steroid dienone is 1. The van der Waals surface area contributed by atoms with Gasteiger partial charge in [-0.2, -0.15) is 0 Å². The van der Waals surface area contributed by atoms with E-state index >= 15 is 0 Å². The lowest BCUT2D eigenvalue weighted by molar-refractivity contribution is 1.20. The zero-order chi connectivity index (χ0) is 9.68. The van der Waals surface area contributed by atoms with Crippen molar-refractivity contribution in [3.63, 3.8) is 0 Å². The van der Waals surface area contributed by atoms with Gasteiger partial charge in [0.2, 0.25) is 0 Å². The molecule has 0 saturated carbocycles. The van der Waals surface area contributed by atoms with Crippen LogP contribution in [0.15, 0.2) is 24.8 Å². The van der Waals surface area contributed by atoms with Crippen molar-refractivity contribution in [2.75, 3.05) is 12.4 Å². The Morgan fingerprint density at radius 2 is 2.23 bits per heavy atom. The Bertz CT molecular complexity index is 405. The van der Waals surface area contributed by atoms with Gasteiger partial charge in [0.25, 0.3) is 0 Å². The van der Waals surface area contributed by atoms with Gasteiger partial charge in [-0.3, -0.25) is 0 Å². The number of pyridine rings is 1. The third kappa shape index (κ3) is 2.18. The van der Waals surface area contributed by atoms with Gasteiger partial charge in [0, 0.05) is 7.05 Å². The highest BCUT2D eigenvalue weighted by Crippen LogP contribution is 1.91. The standard InChI is InChI=1S/C11H14N2/c1-4-6-9-7-8-11(12-3)13-10(9)5-2/h4-8H,1H2,2-3H3,(H,12,13)/b9-6-,10-5+. The minimum absolute atomic E-state index is 0.884. The molecule has 0 aliphatic rings. The molecule has 1 aromatic heterocycles. The number of hydrogen-bond acceptors (Lipinski definition) is 2. The molecule has 0 aliphatic carbocycles. The van der Waals surface area contributed by atoms with Gasteiger partial charge >= 0.3 is 0 Å². The second kappa shape index (κ2) is 4.45. The first-order valence-electron chi connectivity index (χ1n) is 4.25. The molecule has 0 bridgehead atoms. The van der Waals surface area contributed by atoms with Crippen LogP contribution >= 0.6 is 0 Å². The highest BCUT2D eigenvalue weighted by Gasteiger charge is 1.88. The zero-order valence-electron chi connectivity index (χ0n) is 8.04. The SMILES string of the molecule is C=C/C=c1/ccc(NC)n/c1=C/C. The van der Waals surface area contributed by atoms with Gasteiger partial charge in [0.1, 0.15) is 5.82 Å². The van der Waals surface area contributed by atoms with Crippen LogP contribution in [0.2, 0.25) is 0 Å². The maximum Gasteiger partial charge on any atom is 0.126 e. The van der Waals surface area contributed by atoms with Crippen molar-refractivity contribution in [1.29, 1.82) is 0 Å². The Hall–Kier alpha value is -1.57. The van der Waals surface area contributed by atoms with Gasteiger partial charge in [0.15, 0.2) is 0 Å². The third-order valence-electron chi connectivity index (χ3n) is 1.78. The number of hydrogen-bond donors (Lipinski definition) is 1. The van der Waals surface area contributed by atoms with Crippen LogP contribution < -0.4 is 15.9 Å². The molecule has 1 aromatic rings. The molecule has 0 unspecified atom stereocenters. The normalized spacial score (nSPS) is 13.1. The predicted molar refractivity (Wildman–Crippen MR) is 57.8 cm³/mol. The lowest BCUT2D eigenvalue weighted by Crippen LogP contribution is -2.27. The molecule has 0 aromatic carbocycles. The van der Waals surface area contributed by atoms with Gasteiger partial charge in [-0.15, -0.1) is 0 Å². The average Bonchev–Trinajstić information content (AvgIpc) is 2.19. The smallest absolute Gasteiger partial charge is 0.126 e. The van der Waals surface area contributed by atoms with Gasteiger partial charge in [0.05, 0.1) is 5.35 Å². The van der Waals surface area contributed by atoms with Crippen LogP contribution in [0.5, 0.6) is 0 Å². The van der Waals surface area contributed by atoms with E-state index in [1.54, 1.807) is 6.08 Å². The lowest BCUT2D eigenvalue weighted by atomic mass is 10.3. The topological polar surface area (TPSA) is 24.9 Å². The van der Waals surface area contributed by atoms with Gasteiger partial charge in [-0.1, -0.05) is 24.8 Å². The molecule has 0 saturated heterocycles. The summed E-state index contributed by atoms with van der Waals surface area (Å²) >= 11 is 0. The van der Waals surface area contributed by atoms with Crippen LogP contribution in [0.25, 0.3) is 12.2 Å². The summed E-state index contributed by atoms with van der Waals surface area (Å²) in [5, 5.41) is 5.07. The molecule has 68 valence electrons. The summed E-state index contributed by atoms with van der Waals surface area (Å²) in [5.41, 5.74) is 0. The van der Waals surface area contributed by atoms with E-state index < -0.39 is 0 Å². The van der Waals surface area contributed by atoms with E-state index in [9.17, 15) is 0 Å². The molecule has 0 spiro atoms. The first-order valence-corrected chi connectivity index (χ1v) is 4.25. The second-order valence-electron chi connectivity index (χ2n) is 2.61. The largest absolute Gasteiger partial charge is 0.373 e. The number of rotatable bonds is 2. The van der Waals surface area contributed by atoms with Crippen LogP contribution in [0.3, 0.4) is 0 Å². The minimum Gasteiger partial charge on any atom is -0.373 e. The minimum atomic E-state index is 0.884. The van der Waals surface area contributed by atoms with Crippen molar-refractivity contribution >= 4 is 18.0 Å². The summed E-state index contributed by atoms with van der Waals surface area (Å²) in [6.07, 6.45) is 5.70. The first kappa shape index (κ1) is 9.52. The molecule has 0 amide bonds. The molecule has 0 radical (unpaired) electrons. The van der Waals surface area contributed by atoms with Crippen molar-refractivity contribution in [3.8, 4) is 0 Å². The summed E-state index contributed by atoms with van der Waals surface area (Å²) in [5.74, 6) is 0.884. The highest BCUT2D eigenvalue weighted by molar-refractivity contribution is 5.41. The number of nitrogens with zero attached hydrogens (tertiary/aromatic N) is 1. The van der Waals surface area contributed by atoms with E-state index in [1.807, 2.05) is 38.3 Å². The summed E-state index contributed by atoms with van der Waals surface area (Å²) in [4.78, 5) is 4.38. The molecular formula is C11H14N2. The van der Waals surface area contributed by atoms with E-state index in [0.29, 0.717) is 0 Å². The number of anilines is 1. The van der Waals surface area contributed by atoms with Crippen molar-refractivity contribution in [2.45, 2.75) is 6.92 Å². The summed E-state index contributed by atoms with van der Waals surface area (Å²) in [6.45, 7) is 5.64. The molecular weight excluding hydrogens is 160 g/mol. The highest BCUT2D eigenvalue weighted by atomic mass is 14.9.